The number of aliphatic hydroxyl groups is 1. The Morgan fingerprint density at radius 1 is 1.21 bits per heavy atom. The van der Waals surface area contributed by atoms with Gasteiger partial charge in [0.05, 0.1) is 5.60 Å². The highest BCUT2D eigenvalue weighted by Gasteiger charge is 2.23. The summed E-state index contributed by atoms with van der Waals surface area (Å²) in [7, 11) is 0. The average Bonchev–Trinajstić information content (AvgIpc) is 2.35. The van der Waals surface area contributed by atoms with Crippen molar-refractivity contribution in [1.82, 2.24) is 4.98 Å². The number of aromatic nitrogens is 1. The summed E-state index contributed by atoms with van der Waals surface area (Å²) in [6.45, 7) is 1.70. The number of rotatable bonds is 4. The molecule has 0 aliphatic carbocycles. The summed E-state index contributed by atoms with van der Waals surface area (Å²) in [5.74, 6) is -0.286. The van der Waals surface area contributed by atoms with Gasteiger partial charge >= 0.3 is 0 Å². The van der Waals surface area contributed by atoms with Crippen LogP contribution in [-0.2, 0) is 12.8 Å². The third kappa shape index (κ3) is 4.11. The largest absolute Gasteiger partial charge is 0.389 e. The lowest BCUT2D eigenvalue weighted by atomic mass is 9.91. The number of halogens is 2. The molecule has 19 heavy (non-hydrogen) atoms. The second kappa shape index (κ2) is 5.80. The molecule has 0 amide bonds. The van der Waals surface area contributed by atoms with Crippen LogP contribution < -0.4 is 0 Å². The maximum Gasteiger partial charge on any atom is 0.126 e. The fraction of sp³-hybridized carbons (Fsp3) is 0.267. The molecule has 1 atom stereocenters. The third-order valence-electron chi connectivity index (χ3n) is 2.88. The Bertz CT molecular complexity index is 554. The first kappa shape index (κ1) is 14.2. The van der Waals surface area contributed by atoms with E-state index in [1.165, 1.54) is 6.07 Å². The number of nitrogens with zero attached hydrogens (tertiary/aromatic N) is 1. The highest BCUT2D eigenvalue weighted by atomic mass is 79.9. The van der Waals surface area contributed by atoms with Gasteiger partial charge in [0.15, 0.2) is 0 Å². The topological polar surface area (TPSA) is 33.1 Å². The molecule has 2 rings (SSSR count). The van der Waals surface area contributed by atoms with Crippen LogP contribution in [0.15, 0.2) is 47.1 Å². The van der Waals surface area contributed by atoms with Crippen LogP contribution in [0.4, 0.5) is 4.39 Å². The van der Waals surface area contributed by atoms with E-state index in [9.17, 15) is 9.50 Å². The molecule has 0 aliphatic heterocycles. The maximum atomic E-state index is 13.6. The van der Waals surface area contributed by atoms with E-state index in [-0.39, 0.29) is 12.2 Å². The molecule has 0 saturated heterocycles. The minimum absolute atomic E-state index is 0.261. The highest BCUT2D eigenvalue weighted by Crippen LogP contribution is 2.20. The summed E-state index contributed by atoms with van der Waals surface area (Å²) in [6.07, 6.45) is 2.33. The van der Waals surface area contributed by atoms with Crippen molar-refractivity contribution in [3.8, 4) is 0 Å². The fourth-order valence-corrected chi connectivity index (χ4v) is 2.25. The van der Waals surface area contributed by atoms with Crippen LogP contribution in [0.25, 0.3) is 0 Å². The zero-order valence-electron chi connectivity index (χ0n) is 10.6. The Kier molecular flexibility index (Phi) is 4.32. The van der Waals surface area contributed by atoms with Gasteiger partial charge < -0.3 is 5.11 Å². The van der Waals surface area contributed by atoms with Crippen LogP contribution in [0, 0.1) is 5.82 Å². The molecule has 2 nitrogen and oxygen atoms in total. The minimum atomic E-state index is -1.02. The van der Waals surface area contributed by atoms with E-state index in [1.807, 2.05) is 12.1 Å². The van der Waals surface area contributed by atoms with E-state index in [4.69, 9.17) is 0 Å². The van der Waals surface area contributed by atoms with Gasteiger partial charge in [0.25, 0.3) is 0 Å². The van der Waals surface area contributed by atoms with Crippen molar-refractivity contribution < 1.29 is 9.50 Å². The Morgan fingerprint density at radius 3 is 2.58 bits per heavy atom. The molecular weight excluding hydrogens is 309 g/mol. The first-order valence-electron chi connectivity index (χ1n) is 6.02. The highest BCUT2D eigenvalue weighted by molar-refractivity contribution is 9.10. The van der Waals surface area contributed by atoms with Gasteiger partial charge in [-0.3, -0.25) is 4.98 Å². The van der Waals surface area contributed by atoms with E-state index >= 15 is 0 Å². The third-order valence-corrected chi connectivity index (χ3v) is 3.35. The van der Waals surface area contributed by atoms with Crippen LogP contribution in [0.1, 0.15) is 18.2 Å². The van der Waals surface area contributed by atoms with Crippen LogP contribution in [0.5, 0.6) is 0 Å². The molecule has 4 heteroatoms. The van der Waals surface area contributed by atoms with Crippen LogP contribution in [-0.4, -0.2) is 15.7 Å². The normalized spacial score (nSPS) is 14.1. The van der Waals surface area contributed by atoms with Crippen molar-refractivity contribution >= 4 is 15.9 Å². The van der Waals surface area contributed by atoms with Gasteiger partial charge in [-0.1, -0.05) is 18.2 Å². The number of hydrogen-bond donors (Lipinski definition) is 1. The van der Waals surface area contributed by atoms with Gasteiger partial charge in [-0.15, -0.1) is 0 Å². The summed E-state index contributed by atoms with van der Waals surface area (Å²) in [5.41, 5.74) is 0.275. The summed E-state index contributed by atoms with van der Waals surface area (Å²) >= 11 is 3.31. The lowest BCUT2D eigenvalue weighted by Gasteiger charge is -2.23. The second-order valence-corrected chi connectivity index (χ2v) is 5.83. The molecule has 0 saturated carbocycles. The van der Waals surface area contributed by atoms with Crippen LogP contribution in [0.2, 0.25) is 0 Å². The van der Waals surface area contributed by atoms with Crippen molar-refractivity contribution in [1.29, 1.82) is 0 Å². The molecule has 100 valence electrons. The Balaban J connectivity index is 2.10. The van der Waals surface area contributed by atoms with E-state index in [2.05, 4.69) is 20.9 Å². The van der Waals surface area contributed by atoms with Crippen LogP contribution in [0.3, 0.4) is 0 Å². The van der Waals surface area contributed by atoms with E-state index in [1.54, 1.807) is 31.3 Å². The Labute approximate surface area is 120 Å². The van der Waals surface area contributed by atoms with E-state index in [0.717, 1.165) is 10.2 Å². The van der Waals surface area contributed by atoms with Crippen molar-refractivity contribution in [3.05, 3.63) is 64.1 Å². The summed E-state index contributed by atoms with van der Waals surface area (Å²) in [5, 5.41) is 10.4. The van der Waals surface area contributed by atoms with Gasteiger partial charge in [0.1, 0.15) is 5.82 Å². The molecule has 0 spiro atoms. The monoisotopic (exact) mass is 323 g/mol. The Morgan fingerprint density at radius 2 is 1.95 bits per heavy atom. The molecule has 1 unspecified atom stereocenters. The van der Waals surface area contributed by atoms with E-state index < -0.39 is 5.60 Å². The molecule has 1 heterocycles. The fourth-order valence-electron chi connectivity index (χ4n) is 2.02. The van der Waals surface area contributed by atoms with Gasteiger partial charge in [-0.25, -0.2) is 4.39 Å². The Hall–Kier alpha value is -1.26. The lowest BCUT2D eigenvalue weighted by Crippen LogP contribution is -2.30. The quantitative estimate of drug-likeness (QED) is 0.933. The molecule has 0 bridgehead atoms. The van der Waals surface area contributed by atoms with Gasteiger partial charge in [0, 0.05) is 29.2 Å². The lowest BCUT2D eigenvalue weighted by molar-refractivity contribution is 0.0589. The molecule has 1 aromatic heterocycles. The average molecular weight is 324 g/mol. The first-order valence-corrected chi connectivity index (χ1v) is 6.82. The predicted molar refractivity (Wildman–Crippen MR) is 76.4 cm³/mol. The molecule has 1 N–H and O–H groups in total. The number of pyridine rings is 1. The van der Waals surface area contributed by atoms with Gasteiger partial charge in [0.2, 0.25) is 0 Å². The molecule has 0 radical (unpaired) electrons. The molecular formula is C15H15BrFNO. The smallest absolute Gasteiger partial charge is 0.126 e. The zero-order chi connectivity index (χ0) is 13.9. The standard InChI is InChI=1S/C15H15BrFNO/c1-15(19,8-11-4-2-3-5-14(11)17)9-13-7-6-12(16)10-18-13/h2-7,10,19H,8-9H2,1H3. The van der Waals surface area contributed by atoms with Crippen molar-refractivity contribution in [2.24, 2.45) is 0 Å². The summed E-state index contributed by atoms with van der Waals surface area (Å²) in [6, 6.07) is 10.2. The van der Waals surface area contributed by atoms with Gasteiger partial charge in [-0.2, -0.15) is 0 Å². The maximum absolute atomic E-state index is 13.6. The van der Waals surface area contributed by atoms with Crippen molar-refractivity contribution in [2.45, 2.75) is 25.4 Å². The summed E-state index contributed by atoms with van der Waals surface area (Å²) < 4.78 is 14.5. The molecule has 2 aromatic rings. The number of benzene rings is 1. The number of hydrogen-bond acceptors (Lipinski definition) is 2. The molecule has 0 fully saturated rings. The zero-order valence-corrected chi connectivity index (χ0v) is 12.2. The predicted octanol–water partition coefficient (Wildman–Crippen LogP) is 3.52. The molecule has 1 aromatic carbocycles. The SMILES string of the molecule is CC(O)(Cc1ccc(Br)cn1)Cc1ccccc1F. The van der Waals surface area contributed by atoms with Crippen LogP contribution >= 0.6 is 15.9 Å². The van der Waals surface area contributed by atoms with Crippen molar-refractivity contribution in [2.75, 3.05) is 0 Å². The second-order valence-electron chi connectivity index (χ2n) is 4.91. The minimum Gasteiger partial charge on any atom is -0.389 e. The van der Waals surface area contributed by atoms with E-state index in [0.29, 0.717) is 12.0 Å². The first-order chi connectivity index (χ1) is 8.96. The van der Waals surface area contributed by atoms with Crippen molar-refractivity contribution in [3.63, 3.8) is 0 Å². The molecule has 0 aliphatic rings. The van der Waals surface area contributed by atoms with Gasteiger partial charge in [-0.05, 0) is 46.6 Å². The summed E-state index contributed by atoms with van der Waals surface area (Å²) in [4.78, 5) is 4.23.